The number of amides is 2. The van der Waals surface area contributed by atoms with E-state index in [-0.39, 0.29) is 13.2 Å². The Morgan fingerprint density at radius 1 is 1.11 bits per heavy atom. The molecule has 204 valence electrons. The van der Waals surface area contributed by atoms with Crippen molar-refractivity contribution in [1.29, 1.82) is 0 Å². The van der Waals surface area contributed by atoms with Crippen LogP contribution in [0.3, 0.4) is 0 Å². The third-order valence-electron chi connectivity index (χ3n) is 4.61. The number of carbonyl (C=O) groups is 3. The summed E-state index contributed by atoms with van der Waals surface area (Å²) in [4.78, 5) is 38.7. The first-order valence-corrected chi connectivity index (χ1v) is 15.7. The van der Waals surface area contributed by atoms with Gasteiger partial charge in [0.05, 0.1) is 31.1 Å². The highest BCUT2D eigenvalue weighted by Gasteiger charge is 2.32. The second-order valence-electron chi connectivity index (χ2n) is 7.83. The molecule has 0 aliphatic rings. The maximum Gasteiger partial charge on any atom is 0.511 e. The Kier molecular flexibility index (Phi) is 17.6. The summed E-state index contributed by atoms with van der Waals surface area (Å²) in [6, 6.07) is 9.55. The van der Waals surface area contributed by atoms with Crippen LogP contribution in [-0.2, 0) is 25.4 Å². The summed E-state index contributed by atoms with van der Waals surface area (Å²) in [5.74, 6) is 1.32. The molecule has 0 spiro atoms. The molecule has 36 heavy (non-hydrogen) atoms. The first-order valence-electron chi connectivity index (χ1n) is 11.8. The van der Waals surface area contributed by atoms with Crippen molar-refractivity contribution in [2.45, 2.75) is 46.0 Å². The zero-order valence-corrected chi connectivity index (χ0v) is 23.8. The van der Waals surface area contributed by atoms with Crippen LogP contribution in [0.2, 0.25) is 0 Å². The zero-order chi connectivity index (χ0) is 26.8. The Balaban J connectivity index is 2.84. The maximum absolute atomic E-state index is 13.5. The molecule has 0 fully saturated rings. The molecule has 0 bridgehead atoms. The van der Waals surface area contributed by atoms with Crippen LogP contribution in [0.5, 0.6) is 0 Å². The minimum atomic E-state index is -1.27. The summed E-state index contributed by atoms with van der Waals surface area (Å²) in [7, 11) is 3.16. The standard InChI is InChI=1S/C24H38N2O7S3/c1-5-31-24(30)33-19(3)32-23(29)26(15-18(2)27)22(28)21(14-20-10-7-6-8-11-20)16-35-36-17-25-12-9-13-34-4/h6-8,10-11,18-19,21,25,27H,5,9,12-17H2,1-4H3. The van der Waals surface area contributed by atoms with Crippen LogP contribution >= 0.6 is 33.3 Å². The number of aliphatic hydroxyl groups excluding tert-OH is 1. The summed E-state index contributed by atoms with van der Waals surface area (Å²) in [6.07, 6.45) is -0.613. The molecule has 1 aromatic carbocycles. The number of hydrogen-bond acceptors (Lipinski definition) is 11. The van der Waals surface area contributed by atoms with Crippen molar-refractivity contribution in [1.82, 2.24) is 10.2 Å². The van der Waals surface area contributed by atoms with Crippen molar-refractivity contribution in [3.63, 3.8) is 0 Å². The van der Waals surface area contributed by atoms with E-state index in [1.807, 2.05) is 42.1 Å². The highest BCUT2D eigenvalue weighted by molar-refractivity contribution is 8.76. The molecule has 12 heteroatoms. The second-order valence-corrected chi connectivity index (χ2v) is 11.3. The van der Waals surface area contributed by atoms with Crippen LogP contribution in [0, 0.1) is 5.92 Å². The average Bonchev–Trinajstić information content (AvgIpc) is 2.83. The van der Waals surface area contributed by atoms with Crippen LogP contribution in [0.4, 0.5) is 9.59 Å². The van der Waals surface area contributed by atoms with E-state index in [1.165, 1.54) is 13.8 Å². The minimum absolute atomic E-state index is 0.107. The summed E-state index contributed by atoms with van der Waals surface area (Å²) in [6.45, 7) is 5.23. The smallest absolute Gasteiger partial charge is 0.435 e. The highest BCUT2D eigenvalue weighted by atomic mass is 33.1. The number of aliphatic hydroxyl groups is 1. The van der Waals surface area contributed by atoms with Gasteiger partial charge in [-0.1, -0.05) is 51.9 Å². The second kappa shape index (κ2) is 19.5. The SMILES string of the molecule is CCOC(=O)OC(C)OC(=O)N(CC(C)O)C(=O)C(CSSCNCCCSC)Cc1ccccc1. The lowest BCUT2D eigenvalue weighted by Gasteiger charge is -2.27. The summed E-state index contributed by atoms with van der Waals surface area (Å²) in [5.41, 5.74) is 0.959. The molecule has 0 saturated heterocycles. The summed E-state index contributed by atoms with van der Waals surface area (Å²) in [5, 5.41) is 13.3. The van der Waals surface area contributed by atoms with E-state index in [0.29, 0.717) is 12.2 Å². The van der Waals surface area contributed by atoms with Crippen molar-refractivity contribution < 1.29 is 33.7 Å². The largest absolute Gasteiger partial charge is 0.511 e. The molecular formula is C24H38N2O7S3. The predicted molar refractivity (Wildman–Crippen MR) is 147 cm³/mol. The van der Waals surface area contributed by atoms with Gasteiger partial charge in [-0.15, -0.1) is 0 Å². The zero-order valence-electron chi connectivity index (χ0n) is 21.3. The Hall–Kier alpha value is -1.60. The number of nitrogens with zero attached hydrogens (tertiary/aromatic N) is 1. The van der Waals surface area contributed by atoms with E-state index in [0.717, 1.165) is 35.1 Å². The van der Waals surface area contributed by atoms with Gasteiger partial charge < -0.3 is 24.6 Å². The number of ether oxygens (including phenoxy) is 3. The van der Waals surface area contributed by atoms with Gasteiger partial charge in [-0.25, -0.2) is 14.5 Å². The molecule has 9 nitrogen and oxygen atoms in total. The predicted octanol–water partition coefficient (Wildman–Crippen LogP) is 4.39. The van der Waals surface area contributed by atoms with Gasteiger partial charge in [0.1, 0.15) is 0 Å². The molecule has 1 rings (SSSR count). The summed E-state index contributed by atoms with van der Waals surface area (Å²) < 4.78 is 14.7. The van der Waals surface area contributed by atoms with Gasteiger partial charge in [0.2, 0.25) is 12.2 Å². The highest BCUT2D eigenvalue weighted by Crippen LogP contribution is 2.26. The molecule has 2 N–H and O–H groups in total. The van der Waals surface area contributed by atoms with Gasteiger partial charge in [0, 0.05) is 12.7 Å². The molecule has 3 unspecified atom stereocenters. The van der Waals surface area contributed by atoms with Gasteiger partial charge in [-0.2, -0.15) is 11.8 Å². The third kappa shape index (κ3) is 14.2. The Morgan fingerprint density at radius 3 is 2.47 bits per heavy atom. The number of benzene rings is 1. The van der Waals surface area contributed by atoms with Gasteiger partial charge in [-0.3, -0.25) is 4.79 Å². The third-order valence-corrected chi connectivity index (χ3v) is 7.60. The first kappa shape index (κ1) is 32.4. The molecular weight excluding hydrogens is 524 g/mol. The topological polar surface area (TPSA) is 114 Å². The fraction of sp³-hybridized carbons (Fsp3) is 0.625. The molecule has 0 aromatic heterocycles. The van der Waals surface area contributed by atoms with Crippen molar-refractivity contribution in [3.8, 4) is 0 Å². The van der Waals surface area contributed by atoms with Crippen LogP contribution in [-0.4, -0.2) is 83.9 Å². The average molecular weight is 563 g/mol. The van der Waals surface area contributed by atoms with Crippen molar-refractivity contribution >= 4 is 51.5 Å². The van der Waals surface area contributed by atoms with E-state index in [9.17, 15) is 19.5 Å². The lowest BCUT2D eigenvalue weighted by molar-refractivity contribution is -0.137. The molecule has 0 aliphatic carbocycles. The van der Waals surface area contributed by atoms with E-state index in [1.54, 1.807) is 28.5 Å². The quantitative estimate of drug-likeness (QED) is 0.122. The number of carbonyl (C=O) groups excluding carboxylic acids is 3. The normalized spacial score (nSPS) is 13.4. The van der Waals surface area contributed by atoms with Gasteiger partial charge in [0.25, 0.3) is 0 Å². The molecule has 0 heterocycles. The molecule has 3 atom stereocenters. The van der Waals surface area contributed by atoms with E-state index >= 15 is 0 Å². The Labute approximate surface area is 226 Å². The Bertz CT molecular complexity index is 771. The van der Waals surface area contributed by atoms with Crippen LogP contribution in [0.15, 0.2) is 30.3 Å². The Morgan fingerprint density at radius 2 is 1.83 bits per heavy atom. The number of hydrogen-bond donors (Lipinski definition) is 2. The number of imide groups is 1. The van der Waals surface area contributed by atoms with Crippen molar-refractivity contribution in [2.24, 2.45) is 5.92 Å². The molecule has 2 amide bonds. The molecule has 0 radical (unpaired) electrons. The van der Waals surface area contributed by atoms with Crippen molar-refractivity contribution in [3.05, 3.63) is 35.9 Å². The van der Waals surface area contributed by atoms with E-state index in [2.05, 4.69) is 16.3 Å². The maximum atomic E-state index is 13.5. The van der Waals surface area contributed by atoms with Gasteiger partial charge >= 0.3 is 12.2 Å². The van der Waals surface area contributed by atoms with E-state index in [4.69, 9.17) is 9.47 Å². The molecule has 0 saturated carbocycles. The lowest BCUT2D eigenvalue weighted by Crippen LogP contribution is -2.46. The monoisotopic (exact) mass is 562 g/mol. The minimum Gasteiger partial charge on any atom is -0.435 e. The van der Waals surface area contributed by atoms with Crippen LogP contribution in [0.1, 0.15) is 32.8 Å². The van der Waals surface area contributed by atoms with Gasteiger partial charge in [0.15, 0.2) is 0 Å². The first-order chi connectivity index (χ1) is 17.3. The van der Waals surface area contributed by atoms with E-state index < -0.39 is 36.5 Å². The number of rotatable bonds is 17. The van der Waals surface area contributed by atoms with Crippen molar-refractivity contribution in [2.75, 3.05) is 43.3 Å². The summed E-state index contributed by atoms with van der Waals surface area (Å²) >= 11 is 1.81. The number of nitrogens with one attached hydrogen (secondary N) is 1. The molecule has 1 aromatic rings. The van der Waals surface area contributed by atoms with Crippen LogP contribution < -0.4 is 5.32 Å². The fourth-order valence-corrected chi connectivity index (χ4v) is 5.55. The van der Waals surface area contributed by atoms with Crippen LogP contribution in [0.25, 0.3) is 0 Å². The number of thioether (sulfide) groups is 1. The lowest BCUT2D eigenvalue weighted by atomic mass is 9.99. The van der Waals surface area contributed by atoms with Gasteiger partial charge in [-0.05, 0) is 50.8 Å². The molecule has 0 aliphatic heterocycles. The fourth-order valence-electron chi connectivity index (χ4n) is 3.00.